The first-order valence-electron chi connectivity index (χ1n) is 17.8. The van der Waals surface area contributed by atoms with Gasteiger partial charge in [-0.15, -0.1) is 0 Å². The van der Waals surface area contributed by atoms with Crippen LogP contribution in [-0.2, 0) is 18.3 Å². The average molecular weight is 587 g/mol. The number of nitrogens with zero attached hydrogens (tertiary/aromatic N) is 2. The summed E-state index contributed by atoms with van der Waals surface area (Å²) in [4.78, 5) is 5.67. The number of likely N-dealkylation sites (tertiary alicyclic amines) is 1. The molecule has 5 atom stereocenters. The highest BCUT2D eigenvalue weighted by Gasteiger charge is 2.66. The van der Waals surface area contributed by atoms with Crippen molar-refractivity contribution in [3.63, 3.8) is 0 Å². The zero-order chi connectivity index (χ0) is 29.4. The Hall–Kier alpha value is -2.24. The van der Waals surface area contributed by atoms with E-state index in [0.29, 0.717) is 23.8 Å². The minimum atomic E-state index is 0.00125. The fraction of sp³-hybridized carbons (Fsp3) is 0.684. The first kappa shape index (κ1) is 29.5. The van der Waals surface area contributed by atoms with E-state index in [-0.39, 0.29) is 11.5 Å². The van der Waals surface area contributed by atoms with E-state index in [9.17, 15) is 5.11 Å². The highest BCUT2D eigenvalue weighted by atomic mass is 16.5. The molecule has 7 rings (SSSR count). The second-order valence-electron chi connectivity index (χ2n) is 14.5. The molecule has 0 aromatic heterocycles. The van der Waals surface area contributed by atoms with Crippen molar-refractivity contribution in [1.29, 1.82) is 0 Å². The average Bonchev–Trinajstić information content (AvgIpc) is 3.78. The Morgan fingerprint density at radius 1 is 1.00 bits per heavy atom. The van der Waals surface area contributed by atoms with Crippen molar-refractivity contribution < 1.29 is 14.6 Å². The molecule has 2 aliphatic heterocycles. The van der Waals surface area contributed by atoms with Gasteiger partial charge in [-0.1, -0.05) is 62.9 Å². The van der Waals surface area contributed by atoms with Crippen molar-refractivity contribution in [3.8, 4) is 17.2 Å². The van der Waals surface area contributed by atoms with E-state index in [1.807, 2.05) is 6.07 Å². The molecule has 234 valence electrons. The topological polar surface area (TPSA) is 45.2 Å². The van der Waals surface area contributed by atoms with Crippen LogP contribution >= 0.6 is 0 Å². The van der Waals surface area contributed by atoms with Gasteiger partial charge in [0.15, 0.2) is 11.5 Å². The van der Waals surface area contributed by atoms with E-state index in [2.05, 4.69) is 47.1 Å². The molecule has 2 saturated carbocycles. The van der Waals surface area contributed by atoms with Gasteiger partial charge < -0.3 is 14.6 Å². The van der Waals surface area contributed by atoms with E-state index >= 15 is 0 Å². The lowest BCUT2D eigenvalue weighted by Gasteiger charge is -2.60. The molecule has 0 unspecified atom stereocenters. The summed E-state index contributed by atoms with van der Waals surface area (Å²) in [6.07, 6.45) is 17.7. The number of aromatic hydroxyl groups is 1. The Morgan fingerprint density at radius 2 is 1.79 bits per heavy atom. The summed E-state index contributed by atoms with van der Waals surface area (Å²) in [5, 5.41) is 11.3. The third-order valence-corrected chi connectivity index (χ3v) is 11.9. The van der Waals surface area contributed by atoms with Gasteiger partial charge in [0.25, 0.3) is 0 Å². The van der Waals surface area contributed by atoms with Gasteiger partial charge in [0.1, 0.15) is 11.9 Å². The van der Waals surface area contributed by atoms with Gasteiger partial charge in [-0.2, -0.15) is 0 Å². The Balaban J connectivity index is 1.12. The first-order chi connectivity index (χ1) is 21.1. The Morgan fingerprint density at radius 3 is 2.56 bits per heavy atom. The molecular formula is C38H54N2O3. The second-order valence-corrected chi connectivity index (χ2v) is 14.5. The fourth-order valence-corrected chi connectivity index (χ4v) is 9.69. The number of ether oxygens (including phenoxy) is 2. The summed E-state index contributed by atoms with van der Waals surface area (Å²) in [5.41, 5.74) is 3.96. The molecule has 3 aliphatic carbocycles. The van der Waals surface area contributed by atoms with E-state index in [1.165, 1.54) is 114 Å². The minimum absolute atomic E-state index is 0.00125. The quantitative estimate of drug-likeness (QED) is 0.219. The van der Waals surface area contributed by atoms with Crippen LogP contribution in [0, 0.1) is 11.8 Å². The zero-order valence-electron chi connectivity index (χ0n) is 26.7. The number of aryl methyl sites for hydroxylation is 1. The maximum absolute atomic E-state index is 11.3. The largest absolute Gasteiger partial charge is 0.508 e. The van der Waals surface area contributed by atoms with Crippen LogP contribution in [0.3, 0.4) is 0 Å². The molecule has 1 N–H and O–H groups in total. The third kappa shape index (κ3) is 5.47. The van der Waals surface area contributed by atoms with Crippen molar-refractivity contribution in [2.24, 2.45) is 11.8 Å². The molecule has 3 fully saturated rings. The Bertz CT molecular complexity index is 1250. The molecule has 0 amide bonds. The van der Waals surface area contributed by atoms with Crippen LogP contribution in [0.5, 0.6) is 17.2 Å². The molecule has 5 heteroatoms. The van der Waals surface area contributed by atoms with Crippen LogP contribution in [0.4, 0.5) is 0 Å². The van der Waals surface area contributed by atoms with Crippen molar-refractivity contribution in [3.05, 3.63) is 53.1 Å². The smallest absolute Gasteiger partial charge is 0.166 e. The van der Waals surface area contributed by atoms with Gasteiger partial charge in [0.05, 0.1) is 7.11 Å². The maximum Gasteiger partial charge on any atom is 0.166 e. The number of hydrogen-bond acceptors (Lipinski definition) is 5. The highest BCUT2D eigenvalue weighted by molar-refractivity contribution is 5.65. The molecule has 43 heavy (non-hydrogen) atoms. The fourth-order valence-electron chi connectivity index (χ4n) is 9.69. The number of hydrogen-bond donors (Lipinski definition) is 1. The van der Waals surface area contributed by atoms with Crippen LogP contribution in [0.1, 0.15) is 101 Å². The standard InChI is InChI=1S/C38H54N2O3/c1-3-4-11-21-39(22-12-6-5-8-13-27-14-9-7-10-15-27)31-19-18-30-32-24-29-33(41)25-34(42-2)36-35(29)38(30,37(31)43-36)20-23-40(32)26-28-16-17-28/h7,9-10,14-15,25,28,30-32,37,41H,3-6,8,11-13,16-24,26H2,1-2H3/t30-,31-,32+,37-,38-/m0/s1. The van der Waals surface area contributed by atoms with Gasteiger partial charge >= 0.3 is 0 Å². The first-order valence-corrected chi connectivity index (χ1v) is 17.8. The molecule has 2 bridgehead atoms. The van der Waals surface area contributed by atoms with E-state index in [1.54, 1.807) is 7.11 Å². The van der Waals surface area contributed by atoms with Crippen LogP contribution in [-0.4, -0.2) is 66.4 Å². The third-order valence-electron chi connectivity index (χ3n) is 11.9. The molecule has 5 aliphatic rings. The van der Waals surface area contributed by atoms with Gasteiger partial charge in [-0.3, -0.25) is 9.80 Å². The summed E-state index contributed by atoms with van der Waals surface area (Å²) >= 11 is 0. The summed E-state index contributed by atoms with van der Waals surface area (Å²) in [6, 6.07) is 13.7. The monoisotopic (exact) mass is 586 g/mol. The number of phenolic OH excluding ortho intramolecular Hbond substituents is 1. The minimum Gasteiger partial charge on any atom is -0.508 e. The number of piperidine rings is 1. The molecule has 1 saturated heterocycles. The number of rotatable bonds is 15. The predicted octanol–water partition coefficient (Wildman–Crippen LogP) is 7.51. The van der Waals surface area contributed by atoms with Gasteiger partial charge in [0.2, 0.25) is 0 Å². The maximum atomic E-state index is 11.3. The van der Waals surface area contributed by atoms with Crippen molar-refractivity contribution in [2.45, 2.75) is 120 Å². The number of benzene rings is 2. The molecule has 5 nitrogen and oxygen atoms in total. The lowest BCUT2D eigenvalue weighted by Crippen LogP contribution is -2.69. The van der Waals surface area contributed by atoms with E-state index < -0.39 is 0 Å². The summed E-state index contributed by atoms with van der Waals surface area (Å²) in [7, 11) is 1.73. The van der Waals surface area contributed by atoms with E-state index in [0.717, 1.165) is 35.8 Å². The summed E-state index contributed by atoms with van der Waals surface area (Å²) in [5.74, 6) is 3.61. The van der Waals surface area contributed by atoms with Crippen molar-refractivity contribution >= 4 is 0 Å². The predicted molar refractivity (Wildman–Crippen MR) is 173 cm³/mol. The summed E-state index contributed by atoms with van der Waals surface area (Å²) < 4.78 is 13.1. The zero-order valence-corrected chi connectivity index (χ0v) is 26.7. The van der Waals surface area contributed by atoms with Crippen LogP contribution in [0.2, 0.25) is 0 Å². The van der Waals surface area contributed by atoms with Crippen LogP contribution in [0.15, 0.2) is 36.4 Å². The van der Waals surface area contributed by atoms with Crippen LogP contribution in [0.25, 0.3) is 0 Å². The molecule has 0 radical (unpaired) electrons. The Labute approximate surface area is 259 Å². The lowest BCUT2D eigenvalue weighted by molar-refractivity contribution is -0.0898. The number of phenols is 1. The second kappa shape index (κ2) is 12.6. The Kier molecular flexibility index (Phi) is 8.66. The summed E-state index contributed by atoms with van der Waals surface area (Å²) in [6.45, 7) is 7.07. The normalized spacial score (nSPS) is 29.0. The molecule has 2 heterocycles. The van der Waals surface area contributed by atoms with Gasteiger partial charge in [-0.25, -0.2) is 0 Å². The highest BCUT2D eigenvalue weighted by Crippen LogP contribution is 2.65. The molecular weight excluding hydrogens is 532 g/mol. The number of unbranched alkanes of at least 4 members (excludes halogenated alkanes) is 5. The van der Waals surface area contributed by atoms with Crippen molar-refractivity contribution in [2.75, 3.05) is 33.3 Å². The van der Waals surface area contributed by atoms with E-state index in [4.69, 9.17) is 9.47 Å². The van der Waals surface area contributed by atoms with Gasteiger partial charge in [0, 0.05) is 41.2 Å². The number of methoxy groups -OCH3 is 1. The van der Waals surface area contributed by atoms with Crippen LogP contribution < -0.4 is 9.47 Å². The molecule has 2 aromatic rings. The lowest BCUT2D eigenvalue weighted by atomic mass is 9.50. The SMILES string of the molecule is CCCCCN(CCCCCCc1ccccc1)[C@H]1CC[C@H]2[C@H]3Cc4c(O)cc(OC)c5c4[C@@]2(CCN3CC2CC2)[C@H]1O5. The van der Waals surface area contributed by atoms with Crippen molar-refractivity contribution in [1.82, 2.24) is 9.80 Å². The van der Waals surface area contributed by atoms with Gasteiger partial charge in [-0.05, 0) is 101 Å². The molecule has 1 spiro atoms. The molecule has 2 aromatic carbocycles.